The molecule has 0 unspecified atom stereocenters. The fourth-order valence-electron chi connectivity index (χ4n) is 2.32. The van der Waals surface area contributed by atoms with Crippen molar-refractivity contribution < 1.29 is 40.7 Å². The number of rotatable bonds is 7. The third-order valence-corrected chi connectivity index (χ3v) is 3.66. The summed E-state index contributed by atoms with van der Waals surface area (Å²) >= 11 is 0. The van der Waals surface area contributed by atoms with E-state index in [1.165, 1.54) is 0 Å². The number of carbonyl (C=O) groups excluding carboxylic acids is 2. The third kappa shape index (κ3) is 11.8. The van der Waals surface area contributed by atoms with Crippen molar-refractivity contribution in [1.82, 2.24) is 10.6 Å². The van der Waals surface area contributed by atoms with E-state index < -0.39 is 46.6 Å². The summed E-state index contributed by atoms with van der Waals surface area (Å²) in [6.07, 6.45) is -9.06. The first kappa shape index (κ1) is 29.5. The largest absolute Gasteiger partial charge is 0.444 e. The van der Waals surface area contributed by atoms with Crippen molar-refractivity contribution in [2.75, 3.05) is 13.1 Å². The maximum Gasteiger partial charge on any atom is 0.416 e. The Hall–Kier alpha value is -2.46. The molecule has 11 heteroatoms. The number of amides is 2. The van der Waals surface area contributed by atoms with Crippen LogP contribution in [0.5, 0.6) is 0 Å². The zero-order valence-electron chi connectivity index (χ0n) is 18.8. The summed E-state index contributed by atoms with van der Waals surface area (Å²) in [5.41, 5.74) is -4.43. The van der Waals surface area contributed by atoms with Crippen molar-refractivity contribution in [3.8, 4) is 0 Å². The first-order valence-electron chi connectivity index (χ1n) is 10.1. The zero-order chi connectivity index (χ0) is 25.2. The van der Waals surface area contributed by atoms with Crippen molar-refractivity contribution in [1.29, 1.82) is 0 Å². The molecule has 32 heavy (non-hydrogen) atoms. The van der Waals surface area contributed by atoms with Gasteiger partial charge in [0.05, 0.1) is 11.1 Å². The third-order valence-electron chi connectivity index (χ3n) is 3.66. The molecule has 0 radical (unpaired) electrons. The van der Waals surface area contributed by atoms with E-state index in [4.69, 9.17) is 4.74 Å². The van der Waals surface area contributed by atoms with Gasteiger partial charge in [0, 0.05) is 18.7 Å². The van der Waals surface area contributed by atoms with Crippen LogP contribution in [-0.4, -0.2) is 30.7 Å². The SMILES string of the molecule is CC.CC(C)(C)OC(=O)NCCCCCNC(=O)c1cc(C(F)(F)F)cc(C(F)(F)F)c1. The van der Waals surface area contributed by atoms with E-state index in [9.17, 15) is 35.9 Å². The molecule has 0 atom stereocenters. The predicted molar refractivity (Wildman–Crippen MR) is 108 cm³/mol. The minimum absolute atomic E-state index is 0.0333. The summed E-state index contributed by atoms with van der Waals surface area (Å²) in [6, 6.07) is 0.735. The Balaban J connectivity index is 0.00000466. The molecule has 0 aliphatic carbocycles. The van der Waals surface area contributed by atoms with E-state index in [0.717, 1.165) is 0 Å². The number of ether oxygens (including phenoxy) is 1. The van der Waals surface area contributed by atoms with E-state index in [-0.39, 0.29) is 12.6 Å². The van der Waals surface area contributed by atoms with Gasteiger partial charge >= 0.3 is 18.4 Å². The monoisotopic (exact) mass is 472 g/mol. The number of nitrogens with one attached hydrogen (secondary N) is 2. The molecule has 0 saturated heterocycles. The predicted octanol–water partition coefficient (Wildman–Crippen LogP) is 6.18. The highest BCUT2D eigenvalue weighted by Gasteiger charge is 2.37. The van der Waals surface area contributed by atoms with Crippen LogP contribution in [-0.2, 0) is 17.1 Å². The van der Waals surface area contributed by atoms with Crippen molar-refractivity contribution in [3.05, 3.63) is 34.9 Å². The topological polar surface area (TPSA) is 67.4 Å². The van der Waals surface area contributed by atoms with Crippen LogP contribution in [0, 0.1) is 0 Å². The number of halogens is 6. The van der Waals surface area contributed by atoms with Gasteiger partial charge in [0.15, 0.2) is 0 Å². The number of hydrogen-bond acceptors (Lipinski definition) is 3. The van der Waals surface area contributed by atoms with Crippen LogP contribution in [0.1, 0.15) is 75.4 Å². The van der Waals surface area contributed by atoms with Gasteiger partial charge in [-0.25, -0.2) is 4.79 Å². The van der Waals surface area contributed by atoms with Crippen molar-refractivity contribution >= 4 is 12.0 Å². The second-order valence-corrected chi connectivity index (χ2v) is 7.54. The van der Waals surface area contributed by atoms with Crippen LogP contribution < -0.4 is 10.6 Å². The average molecular weight is 472 g/mol. The van der Waals surface area contributed by atoms with Gasteiger partial charge in [-0.1, -0.05) is 13.8 Å². The summed E-state index contributed by atoms with van der Waals surface area (Å²) < 4.78 is 82.1. The van der Waals surface area contributed by atoms with Gasteiger partial charge in [-0.05, 0) is 58.2 Å². The van der Waals surface area contributed by atoms with Gasteiger partial charge < -0.3 is 15.4 Å². The highest BCUT2D eigenvalue weighted by Crippen LogP contribution is 2.36. The lowest BCUT2D eigenvalue weighted by Gasteiger charge is -2.19. The number of alkyl carbamates (subject to hydrolysis) is 1. The summed E-state index contributed by atoms with van der Waals surface area (Å²) in [6.45, 7) is 9.54. The van der Waals surface area contributed by atoms with Crippen LogP contribution in [0.2, 0.25) is 0 Å². The van der Waals surface area contributed by atoms with Gasteiger partial charge in [0.1, 0.15) is 5.60 Å². The second-order valence-electron chi connectivity index (χ2n) is 7.54. The summed E-state index contributed by atoms with van der Waals surface area (Å²) in [5.74, 6) is -1.03. The maximum atomic E-state index is 12.8. The van der Waals surface area contributed by atoms with Gasteiger partial charge in [-0.2, -0.15) is 26.3 Å². The smallest absolute Gasteiger partial charge is 0.416 e. The standard InChI is InChI=1S/C19H24F6N2O3.C2H6/c1-17(2,3)30-16(29)27-8-6-4-5-7-26-15(28)12-9-13(18(20,21)22)11-14(10-12)19(23,24)25;1-2/h9-11H,4-8H2,1-3H3,(H,26,28)(H,27,29);1-2H3. The van der Waals surface area contributed by atoms with E-state index in [2.05, 4.69) is 10.6 Å². The molecule has 0 bridgehead atoms. The molecule has 0 fully saturated rings. The molecule has 1 aromatic carbocycles. The Morgan fingerprint density at radius 3 is 1.62 bits per heavy atom. The molecule has 0 spiro atoms. The molecule has 5 nitrogen and oxygen atoms in total. The highest BCUT2D eigenvalue weighted by atomic mass is 19.4. The van der Waals surface area contributed by atoms with Crippen LogP contribution in [0.4, 0.5) is 31.1 Å². The molecule has 2 N–H and O–H groups in total. The molecule has 0 aromatic heterocycles. The molecule has 184 valence electrons. The molecule has 1 aromatic rings. The molecular formula is C21H30F6N2O3. The zero-order valence-corrected chi connectivity index (χ0v) is 18.8. The van der Waals surface area contributed by atoms with Crippen molar-refractivity contribution in [2.45, 2.75) is 71.8 Å². The van der Waals surface area contributed by atoms with Crippen molar-refractivity contribution in [3.63, 3.8) is 0 Å². The molecule has 0 heterocycles. The van der Waals surface area contributed by atoms with Gasteiger partial charge in [-0.15, -0.1) is 0 Å². The minimum atomic E-state index is -5.02. The van der Waals surface area contributed by atoms with E-state index >= 15 is 0 Å². The molecule has 2 amide bonds. The first-order chi connectivity index (χ1) is 14.6. The summed E-state index contributed by atoms with van der Waals surface area (Å²) in [7, 11) is 0. The molecular weight excluding hydrogens is 442 g/mol. The quantitative estimate of drug-likeness (QED) is 0.368. The van der Waals surface area contributed by atoms with Crippen molar-refractivity contribution in [2.24, 2.45) is 0 Å². The van der Waals surface area contributed by atoms with Crippen LogP contribution in [0.15, 0.2) is 18.2 Å². The Morgan fingerprint density at radius 1 is 0.781 bits per heavy atom. The summed E-state index contributed by atoms with van der Waals surface area (Å²) in [4.78, 5) is 23.4. The maximum absolute atomic E-state index is 12.8. The van der Waals surface area contributed by atoms with E-state index in [1.807, 2.05) is 13.8 Å². The number of hydrogen-bond donors (Lipinski definition) is 2. The number of unbranched alkanes of at least 4 members (excludes halogenated alkanes) is 2. The van der Waals surface area contributed by atoms with Crippen LogP contribution >= 0.6 is 0 Å². The lowest BCUT2D eigenvalue weighted by atomic mass is 10.0. The number of carbonyl (C=O) groups is 2. The molecule has 0 saturated carbocycles. The Kier molecular flexibility index (Phi) is 11.6. The van der Waals surface area contributed by atoms with Crippen LogP contribution in [0.25, 0.3) is 0 Å². The molecule has 0 aliphatic rings. The fourth-order valence-corrected chi connectivity index (χ4v) is 2.32. The highest BCUT2D eigenvalue weighted by molar-refractivity contribution is 5.94. The minimum Gasteiger partial charge on any atom is -0.444 e. The first-order valence-corrected chi connectivity index (χ1v) is 10.1. The molecule has 1 rings (SSSR count). The van der Waals surface area contributed by atoms with E-state index in [1.54, 1.807) is 20.8 Å². The van der Waals surface area contributed by atoms with E-state index in [0.29, 0.717) is 37.9 Å². The lowest BCUT2D eigenvalue weighted by Crippen LogP contribution is -2.33. The van der Waals surface area contributed by atoms with Gasteiger partial charge in [-0.3, -0.25) is 4.79 Å². The molecule has 0 aliphatic heterocycles. The summed E-state index contributed by atoms with van der Waals surface area (Å²) in [5, 5.41) is 4.85. The number of benzene rings is 1. The Bertz CT molecular complexity index is 708. The normalized spacial score (nSPS) is 11.8. The fraction of sp³-hybridized carbons (Fsp3) is 0.619. The Labute approximate surface area is 183 Å². The van der Waals surface area contributed by atoms with Gasteiger partial charge in [0.25, 0.3) is 5.91 Å². The number of alkyl halides is 6. The van der Waals surface area contributed by atoms with Crippen LogP contribution in [0.3, 0.4) is 0 Å². The Morgan fingerprint density at radius 2 is 1.22 bits per heavy atom. The van der Waals surface area contributed by atoms with Gasteiger partial charge in [0.2, 0.25) is 0 Å². The lowest BCUT2D eigenvalue weighted by molar-refractivity contribution is -0.143. The second kappa shape index (κ2) is 12.5. The average Bonchev–Trinajstić information content (AvgIpc) is 2.65.